The molecule has 0 amide bonds. The zero-order chi connectivity index (χ0) is 32.3. The molecule has 0 unspecified atom stereocenters. The Kier molecular flexibility index (Phi) is 6.61. The number of anilines is 3. The van der Waals surface area contributed by atoms with Gasteiger partial charge >= 0.3 is 0 Å². The molecular formula is C46H29NS2. The SMILES string of the molecule is c1ccc2c(N(c3ccc(-c4ccc5sc6ccccc6c5c4)cc3)c3ccc(-c4ccc5sc6ccccc6c5c4)cc3)cccc2c1. The normalized spacial score (nSPS) is 11.7. The molecule has 0 fully saturated rings. The predicted molar refractivity (Wildman–Crippen MR) is 215 cm³/mol. The lowest BCUT2D eigenvalue weighted by Crippen LogP contribution is -2.10. The van der Waals surface area contributed by atoms with Crippen molar-refractivity contribution in [2.45, 2.75) is 0 Å². The van der Waals surface area contributed by atoms with E-state index >= 15 is 0 Å². The van der Waals surface area contributed by atoms with Crippen molar-refractivity contribution in [1.29, 1.82) is 0 Å². The Labute approximate surface area is 292 Å². The van der Waals surface area contributed by atoms with E-state index in [-0.39, 0.29) is 0 Å². The number of hydrogen-bond acceptors (Lipinski definition) is 3. The van der Waals surface area contributed by atoms with Gasteiger partial charge in [-0.3, -0.25) is 0 Å². The fourth-order valence-corrected chi connectivity index (χ4v) is 9.42. The molecule has 3 heteroatoms. The standard InChI is InChI=1S/C46H29NS2/c1-2-10-37-32(8-1)9-7-13-42(37)47(35-22-16-30(17-23-35)33-20-26-45-40(28-33)38-11-3-5-14-43(38)48-45)36-24-18-31(19-25-36)34-21-27-46-41(29-34)39-12-4-6-15-44(39)49-46/h1-29H. The van der Waals surface area contributed by atoms with Crippen molar-refractivity contribution in [2.24, 2.45) is 0 Å². The number of rotatable bonds is 5. The van der Waals surface area contributed by atoms with E-state index in [0.29, 0.717) is 0 Å². The van der Waals surface area contributed by atoms with Crippen LogP contribution in [0.3, 0.4) is 0 Å². The first-order valence-electron chi connectivity index (χ1n) is 16.6. The fourth-order valence-electron chi connectivity index (χ4n) is 7.25. The highest BCUT2D eigenvalue weighted by Gasteiger charge is 2.16. The quantitative estimate of drug-likeness (QED) is 0.178. The highest BCUT2D eigenvalue weighted by atomic mass is 32.1. The Hall–Kier alpha value is -5.74. The smallest absolute Gasteiger partial charge is 0.0540 e. The van der Waals surface area contributed by atoms with Gasteiger partial charge in [-0.2, -0.15) is 0 Å². The van der Waals surface area contributed by atoms with Crippen LogP contribution in [0.2, 0.25) is 0 Å². The van der Waals surface area contributed by atoms with Crippen LogP contribution in [0.5, 0.6) is 0 Å². The summed E-state index contributed by atoms with van der Waals surface area (Å²) in [5, 5.41) is 7.76. The summed E-state index contributed by atoms with van der Waals surface area (Å²) >= 11 is 3.72. The second-order valence-corrected chi connectivity index (χ2v) is 14.7. The molecule has 2 heterocycles. The maximum atomic E-state index is 2.39. The van der Waals surface area contributed by atoms with E-state index in [4.69, 9.17) is 0 Å². The van der Waals surface area contributed by atoms with Crippen LogP contribution in [0.25, 0.3) is 73.4 Å². The number of thiophene rings is 2. The summed E-state index contributed by atoms with van der Waals surface area (Å²) < 4.78 is 5.33. The van der Waals surface area contributed by atoms with E-state index in [0.717, 1.165) is 17.1 Å². The summed E-state index contributed by atoms with van der Waals surface area (Å²) in [5.74, 6) is 0. The van der Waals surface area contributed by atoms with E-state index in [2.05, 4.69) is 181 Å². The van der Waals surface area contributed by atoms with Crippen molar-refractivity contribution in [3.8, 4) is 22.3 Å². The third kappa shape index (κ3) is 4.82. The Morgan fingerprint density at radius 3 is 1.29 bits per heavy atom. The largest absolute Gasteiger partial charge is 0.310 e. The molecule has 0 saturated carbocycles. The molecule has 0 bridgehead atoms. The first-order chi connectivity index (χ1) is 24.3. The number of hydrogen-bond donors (Lipinski definition) is 0. The third-order valence-electron chi connectivity index (χ3n) is 9.68. The summed E-state index contributed by atoms with van der Waals surface area (Å²) in [6.07, 6.45) is 0. The van der Waals surface area contributed by atoms with Crippen molar-refractivity contribution in [1.82, 2.24) is 0 Å². The molecule has 10 aromatic rings. The third-order valence-corrected chi connectivity index (χ3v) is 12.0. The molecule has 2 aromatic heterocycles. The zero-order valence-electron chi connectivity index (χ0n) is 26.5. The van der Waals surface area contributed by atoms with Crippen molar-refractivity contribution < 1.29 is 0 Å². The van der Waals surface area contributed by atoms with Crippen LogP contribution in [0.1, 0.15) is 0 Å². The molecular weight excluding hydrogens is 631 g/mol. The average molecular weight is 660 g/mol. The maximum Gasteiger partial charge on any atom is 0.0540 e. The van der Waals surface area contributed by atoms with Crippen LogP contribution >= 0.6 is 22.7 Å². The van der Waals surface area contributed by atoms with Gasteiger partial charge in [0.15, 0.2) is 0 Å². The highest BCUT2D eigenvalue weighted by molar-refractivity contribution is 7.26. The van der Waals surface area contributed by atoms with Crippen molar-refractivity contribution in [3.63, 3.8) is 0 Å². The first-order valence-corrected chi connectivity index (χ1v) is 18.2. The summed E-state index contributed by atoms with van der Waals surface area (Å²) in [7, 11) is 0. The molecule has 0 aliphatic carbocycles. The topological polar surface area (TPSA) is 3.24 Å². The van der Waals surface area contributed by atoms with Crippen molar-refractivity contribution >= 4 is 90.9 Å². The summed E-state index contributed by atoms with van der Waals surface area (Å²) in [6, 6.07) is 64.5. The summed E-state index contributed by atoms with van der Waals surface area (Å²) in [4.78, 5) is 2.39. The molecule has 0 aliphatic rings. The van der Waals surface area contributed by atoms with E-state index < -0.39 is 0 Å². The highest BCUT2D eigenvalue weighted by Crippen LogP contribution is 2.42. The van der Waals surface area contributed by atoms with Gasteiger partial charge in [0.1, 0.15) is 0 Å². The average Bonchev–Trinajstić information content (AvgIpc) is 3.73. The molecule has 0 radical (unpaired) electrons. The molecule has 230 valence electrons. The number of nitrogens with zero attached hydrogens (tertiary/aromatic N) is 1. The van der Waals surface area contributed by atoms with Gasteiger partial charge in [0.2, 0.25) is 0 Å². The van der Waals surface area contributed by atoms with Crippen LogP contribution in [0.15, 0.2) is 176 Å². The Morgan fingerprint density at radius 1 is 0.306 bits per heavy atom. The van der Waals surface area contributed by atoms with Crippen LogP contribution in [-0.4, -0.2) is 0 Å². The van der Waals surface area contributed by atoms with Crippen molar-refractivity contribution in [3.05, 3.63) is 176 Å². The molecule has 0 spiro atoms. The summed E-state index contributed by atoms with van der Waals surface area (Å²) in [5.41, 5.74) is 8.31. The first kappa shape index (κ1) is 28.3. The van der Waals surface area contributed by atoms with Crippen LogP contribution in [-0.2, 0) is 0 Å². The van der Waals surface area contributed by atoms with Gasteiger partial charge in [-0.05, 0) is 94.4 Å². The minimum Gasteiger partial charge on any atom is -0.310 e. The second-order valence-electron chi connectivity index (χ2n) is 12.5. The van der Waals surface area contributed by atoms with E-state index in [1.54, 1.807) is 0 Å². The molecule has 1 nitrogen and oxygen atoms in total. The van der Waals surface area contributed by atoms with Gasteiger partial charge in [-0.1, -0.05) is 109 Å². The van der Waals surface area contributed by atoms with Crippen LogP contribution in [0.4, 0.5) is 17.1 Å². The van der Waals surface area contributed by atoms with Crippen LogP contribution in [0, 0.1) is 0 Å². The van der Waals surface area contributed by atoms with Gasteiger partial charge in [-0.25, -0.2) is 0 Å². The van der Waals surface area contributed by atoms with E-state index in [1.165, 1.54) is 73.4 Å². The van der Waals surface area contributed by atoms with Gasteiger partial charge in [0.25, 0.3) is 0 Å². The molecule has 0 atom stereocenters. The second kappa shape index (κ2) is 11.5. The fraction of sp³-hybridized carbons (Fsp3) is 0. The van der Waals surface area contributed by atoms with Gasteiger partial charge in [0.05, 0.1) is 5.69 Å². The lowest BCUT2D eigenvalue weighted by molar-refractivity contribution is 1.30. The molecule has 0 saturated heterocycles. The molecule has 49 heavy (non-hydrogen) atoms. The molecule has 10 rings (SSSR count). The monoisotopic (exact) mass is 659 g/mol. The minimum absolute atomic E-state index is 1.13. The predicted octanol–water partition coefficient (Wildman–Crippen LogP) is 14.4. The zero-order valence-corrected chi connectivity index (χ0v) is 28.1. The lowest BCUT2D eigenvalue weighted by Gasteiger charge is -2.27. The van der Waals surface area contributed by atoms with Crippen molar-refractivity contribution in [2.75, 3.05) is 4.90 Å². The molecule has 0 aliphatic heterocycles. The van der Waals surface area contributed by atoms with Gasteiger partial charge < -0.3 is 4.90 Å². The lowest BCUT2D eigenvalue weighted by atomic mass is 10.0. The number of benzene rings is 8. The Morgan fingerprint density at radius 2 is 0.735 bits per heavy atom. The Bertz CT molecular complexity index is 2660. The number of fused-ring (bicyclic) bond motifs is 7. The minimum atomic E-state index is 1.13. The van der Waals surface area contributed by atoms with Gasteiger partial charge in [0, 0.05) is 57.1 Å². The molecule has 0 N–H and O–H groups in total. The van der Waals surface area contributed by atoms with Gasteiger partial charge in [-0.15, -0.1) is 22.7 Å². The summed E-state index contributed by atoms with van der Waals surface area (Å²) in [6.45, 7) is 0. The molecule has 8 aromatic carbocycles. The Balaban J connectivity index is 1.06. The van der Waals surface area contributed by atoms with Crippen LogP contribution < -0.4 is 4.90 Å². The van der Waals surface area contributed by atoms with E-state index in [9.17, 15) is 0 Å². The van der Waals surface area contributed by atoms with E-state index in [1.807, 2.05) is 22.7 Å². The maximum absolute atomic E-state index is 2.39.